The maximum Gasteiger partial charge on any atom is 0.513 e. The van der Waals surface area contributed by atoms with Gasteiger partial charge in [-0.1, -0.05) is 10.1 Å². The Morgan fingerprint density at radius 3 is 1.86 bits per heavy atom. The van der Waals surface area contributed by atoms with Crippen molar-refractivity contribution in [1.29, 1.82) is 0 Å². The first-order valence-electron chi connectivity index (χ1n) is 3.62. The van der Waals surface area contributed by atoms with Crippen LogP contribution in [0.15, 0.2) is 0 Å². The fraction of sp³-hybridized carbons (Fsp3) is 0.800. The number of carbonyl (C=O) groups is 1. The summed E-state index contributed by atoms with van der Waals surface area (Å²) in [7, 11) is 0. The van der Waals surface area contributed by atoms with Gasteiger partial charge in [-0.3, -0.25) is 0 Å². The van der Waals surface area contributed by atoms with Crippen LogP contribution in [0.2, 0.25) is 0 Å². The molecule has 0 N–H and O–H groups in total. The number of hydrogen-bond acceptors (Lipinski definition) is 9. The molecule has 0 bridgehead atoms. The lowest BCUT2D eigenvalue weighted by Gasteiger charge is -2.09. The SMILES string of the molecule is O=C(OC1COOO1)OC1COOO1. The minimum Gasteiger partial charge on any atom is -0.399 e. The average Bonchev–Trinajstić information content (AvgIpc) is 2.76. The van der Waals surface area contributed by atoms with E-state index in [9.17, 15) is 4.79 Å². The molecule has 0 saturated carbocycles. The molecule has 0 aliphatic carbocycles. The summed E-state index contributed by atoms with van der Waals surface area (Å²) in [6.45, 7) is -0.0682. The van der Waals surface area contributed by atoms with Gasteiger partial charge >= 0.3 is 6.16 Å². The minimum atomic E-state index is -1.01. The van der Waals surface area contributed by atoms with E-state index < -0.39 is 18.7 Å². The molecule has 2 atom stereocenters. The number of carbonyl (C=O) groups excluding carboxylic acids is 1. The normalized spacial score (nSPS) is 31.7. The second kappa shape index (κ2) is 4.50. The van der Waals surface area contributed by atoms with E-state index in [0.29, 0.717) is 0 Å². The molecule has 0 spiro atoms. The molecule has 0 aromatic heterocycles. The number of ether oxygens (including phenoxy) is 2. The second-order valence-corrected chi connectivity index (χ2v) is 2.24. The maximum atomic E-state index is 10.9. The molecule has 2 aliphatic heterocycles. The predicted molar refractivity (Wildman–Crippen MR) is 31.4 cm³/mol. The third-order valence-corrected chi connectivity index (χ3v) is 1.25. The molecule has 2 fully saturated rings. The van der Waals surface area contributed by atoms with Crippen LogP contribution in [-0.2, 0) is 39.1 Å². The van der Waals surface area contributed by atoms with E-state index in [2.05, 4.69) is 39.1 Å². The Balaban J connectivity index is 1.66. The highest BCUT2D eigenvalue weighted by atomic mass is 17.5. The van der Waals surface area contributed by atoms with Crippen molar-refractivity contribution in [3.05, 3.63) is 0 Å². The second-order valence-electron chi connectivity index (χ2n) is 2.24. The first-order chi connectivity index (χ1) is 6.84. The fourth-order valence-electron chi connectivity index (χ4n) is 0.715. The van der Waals surface area contributed by atoms with Crippen LogP contribution < -0.4 is 0 Å². The molecule has 2 saturated heterocycles. The molecule has 0 aromatic carbocycles. The lowest BCUT2D eigenvalue weighted by Crippen LogP contribution is -2.25. The summed E-state index contributed by atoms with van der Waals surface area (Å²) in [6.07, 6.45) is -2.92. The van der Waals surface area contributed by atoms with Crippen molar-refractivity contribution in [2.75, 3.05) is 13.2 Å². The van der Waals surface area contributed by atoms with Crippen LogP contribution in [0.25, 0.3) is 0 Å². The molecule has 2 heterocycles. The van der Waals surface area contributed by atoms with E-state index in [1.807, 2.05) is 0 Å². The summed E-state index contributed by atoms with van der Waals surface area (Å²) >= 11 is 0. The molecule has 80 valence electrons. The van der Waals surface area contributed by atoms with Crippen molar-refractivity contribution < 1.29 is 43.9 Å². The average molecular weight is 210 g/mol. The van der Waals surface area contributed by atoms with Crippen LogP contribution >= 0.6 is 0 Å². The zero-order chi connectivity index (χ0) is 9.80. The maximum absolute atomic E-state index is 10.9. The standard InChI is InChI=1S/C5H6O9/c6-5(9-3-1-7-13-11-3)10-4-2-8-14-12-4/h3-4H,1-2H2. The molecule has 0 aromatic rings. The summed E-state index contributed by atoms with van der Waals surface area (Å²) in [4.78, 5) is 28.2. The van der Waals surface area contributed by atoms with Gasteiger partial charge in [-0.2, -0.15) is 19.6 Å². The van der Waals surface area contributed by atoms with Crippen LogP contribution in [0.3, 0.4) is 0 Å². The first kappa shape index (κ1) is 9.58. The Kier molecular flexibility index (Phi) is 3.08. The number of hydrogen-bond donors (Lipinski definition) is 0. The largest absolute Gasteiger partial charge is 0.513 e. The monoisotopic (exact) mass is 210 g/mol. The summed E-state index contributed by atoms with van der Waals surface area (Å²) in [5, 5.41) is 8.03. The van der Waals surface area contributed by atoms with Gasteiger partial charge in [0.2, 0.25) is 0 Å². The van der Waals surface area contributed by atoms with E-state index >= 15 is 0 Å². The highest BCUT2D eigenvalue weighted by Crippen LogP contribution is 2.10. The molecular formula is C5H6O9. The third kappa shape index (κ3) is 2.51. The molecule has 0 radical (unpaired) electrons. The van der Waals surface area contributed by atoms with Crippen molar-refractivity contribution in [3.8, 4) is 0 Å². The van der Waals surface area contributed by atoms with Crippen LogP contribution in [0, 0.1) is 0 Å². The van der Waals surface area contributed by atoms with Crippen LogP contribution in [0.5, 0.6) is 0 Å². The summed E-state index contributed by atoms with van der Waals surface area (Å²) in [5.41, 5.74) is 0. The Morgan fingerprint density at radius 2 is 1.50 bits per heavy atom. The lowest BCUT2D eigenvalue weighted by atomic mass is 10.7. The van der Waals surface area contributed by atoms with Crippen molar-refractivity contribution >= 4 is 6.16 Å². The zero-order valence-corrected chi connectivity index (χ0v) is 6.74. The van der Waals surface area contributed by atoms with Gasteiger partial charge in [-0.05, 0) is 0 Å². The van der Waals surface area contributed by atoms with E-state index in [0.717, 1.165) is 0 Å². The Hall–Kier alpha value is -0.970. The third-order valence-electron chi connectivity index (χ3n) is 1.25. The molecule has 2 rings (SSSR count). The molecule has 2 unspecified atom stereocenters. The van der Waals surface area contributed by atoms with Crippen LogP contribution in [0.1, 0.15) is 0 Å². The van der Waals surface area contributed by atoms with Gasteiger partial charge in [0.05, 0.1) is 0 Å². The van der Waals surface area contributed by atoms with Crippen molar-refractivity contribution in [1.82, 2.24) is 0 Å². The van der Waals surface area contributed by atoms with Gasteiger partial charge in [0, 0.05) is 0 Å². The highest BCUT2D eigenvalue weighted by Gasteiger charge is 2.28. The molecule has 9 nitrogen and oxygen atoms in total. The topological polar surface area (TPSA) is 90.9 Å². The quantitative estimate of drug-likeness (QED) is 0.445. The molecule has 14 heavy (non-hydrogen) atoms. The van der Waals surface area contributed by atoms with Gasteiger partial charge in [0.25, 0.3) is 12.6 Å². The molecule has 2 aliphatic rings. The van der Waals surface area contributed by atoms with Crippen molar-refractivity contribution in [2.45, 2.75) is 12.6 Å². The summed E-state index contributed by atoms with van der Waals surface area (Å²) in [6, 6.07) is 0. The van der Waals surface area contributed by atoms with Crippen molar-refractivity contribution in [3.63, 3.8) is 0 Å². The Labute approximate surface area is 77.0 Å². The lowest BCUT2D eigenvalue weighted by molar-refractivity contribution is -0.474. The van der Waals surface area contributed by atoms with Crippen LogP contribution in [0.4, 0.5) is 4.79 Å². The zero-order valence-electron chi connectivity index (χ0n) is 6.74. The van der Waals surface area contributed by atoms with E-state index in [1.165, 1.54) is 0 Å². The van der Waals surface area contributed by atoms with Gasteiger partial charge < -0.3 is 9.47 Å². The highest BCUT2D eigenvalue weighted by molar-refractivity contribution is 5.60. The predicted octanol–water partition coefficient (Wildman–Crippen LogP) is -0.421. The van der Waals surface area contributed by atoms with E-state index in [-0.39, 0.29) is 13.2 Å². The minimum absolute atomic E-state index is 0.0341. The van der Waals surface area contributed by atoms with Crippen LogP contribution in [-0.4, -0.2) is 31.9 Å². The molecule has 9 heteroatoms. The smallest absolute Gasteiger partial charge is 0.399 e. The molecular weight excluding hydrogens is 204 g/mol. The Bertz CT molecular complexity index is 173. The summed E-state index contributed by atoms with van der Waals surface area (Å²) in [5.74, 6) is 0. The van der Waals surface area contributed by atoms with Gasteiger partial charge in [0.1, 0.15) is 0 Å². The van der Waals surface area contributed by atoms with E-state index in [1.54, 1.807) is 0 Å². The van der Waals surface area contributed by atoms with Crippen molar-refractivity contribution in [2.24, 2.45) is 0 Å². The van der Waals surface area contributed by atoms with Gasteiger partial charge in [-0.25, -0.2) is 4.79 Å². The fourth-order valence-corrected chi connectivity index (χ4v) is 0.715. The van der Waals surface area contributed by atoms with E-state index in [4.69, 9.17) is 0 Å². The van der Waals surface area contributed by atoms with Gasteiger partial charge in [0.15, 0.2) is 13.2 Å². The molecule has 0 amide bonds. The first-order valence-corrected chi connectivity index (χ1v) is 3.62. The Morgan fingerprint density at radius 1 is 1.00 bits per heavy atom. The number of rotatable bonds is 2. The van der Waals surface area contributed by atoms with Gasteiger partial charge in [-0.15, -0.1) is 0 Å². The summed E-state index contributed by atoms with van der Waals surface area (Å²) < 4.78 is 9.10.